The number of aromatic nitrogens is 1. The Morgan fingerprint density at radius 3 is 2.50 bits per heavy atom. The molecule has 0 fully saturated rings. The van der Waals surface area contributed by atoms with Crippen LogP contribution in [0.15, 0.2) is 45.9 Å². The summed E-state index contributed by atoms with van der Waals surface area (Å²) >= 11 is 3.29. The van der Waals surface area contributed by atoms with Crippen LogP contribution in [-0.4, -0.2) is 19.7 Å². The topological polar surface area (TPSA) is 85.1 Å². The Labute approximate surface area is 126 Å². The fourth-order valence-corrected chi connectivity index (χ4v) is 2.62. The molecule has 0 bridgehead atoms. The van der Waals surface area contributed by atoms with Crippen molar-refractivity contribution < 1.29 is 8.42 Å². The number of rotatable bonds is 4. The average Bonchev–Trinajstić information content (AvgIpc) is 2.37. The first-order valence-electron chi connectivity index (χ1n) is 5.80. The highest BCUT2D eigenvalue weighted by Crippen LogP contribution is 2.20. The first-order chi connectivity index (χ1) is 9.36. The predicted molar refractivity (Wildman–Crippen MR) is 83.2 cm³/mol. The zero-order chi connectivity index (χ0) is 14.8. The fraction of sp³-hybridized carbons (Fsp3) is 0.154. The molecule has 2 aromatic rings. The van der Waals surface area contributed by atoms with Gasteiger partial charge in [0, 0.05) is 23.5 Å². The summed E-state index contributed by atoms with van der Waals surface area (Å²) in [4.78, 5) is 4.48. The van der Waals surface area contributed by atoms with Gasteiger partial charge in [-0.1, -0.05) is 12.1 Å². The van der Waals surface area contributed by atoms with Crippen LogP contribution in [-0.2, 0) is 16.4 Å². The fourth-order valence-electron chi connectivity index (χ4n) is 1.64. The van der Waals surface area contributed by atoms with E-state index in [0.717, 1.165) is 10.0 Å². The number of nitrogens with one attached hydrogen (secondary N) is 1. The van der Waals surface area contributed by atoms with Crippen LogP contribution in [0, 0.1) is 0 Å². The first-order valence-corrected chi connectivity index (χ1v) is 8.48. The van der Waals surface area contributed by atoms with Gasteiger partial charge in [-0.25, -0.2) is 13.4 Å². The monoisotopic (exact) mass is 355 g/mol. The molecule has 5 nitrogen and oxygen atoms in total. The molecule has 0 unspecified atom stereocenters. The number of pyridine rings is 1. The largest absolute Gasteiger partial charge is 0.396 e. The van der Waals surface area contributed by atoms with Gasteiger partial charge < -0.3 is 11.1 Å². The van der Waals surface area contributed by atoms with Crippen molar-refractivity contribution in [1.29, 1.82) is 0 Å². The minimum absolute atomic E-state index is 0.308. The van der Waals surface area contributed by atoms with Gasteiger partial charge in [0.15, 0.2) is 9.84 Å². The molecule has 0 aliphatic rings. The van der Waals surface area contributed by atoms with Gasteiger partial charge in [0.25, 0.3) is 0 Å². The van der Waals surface area contributed by atoms with E-state index in [-0.39, 0.29) is 0 Å². The summed E-state index contributed by atoms with van der Waals surface area (Å²) in [6.45, 7) is 0.517. The van der Waals surface area contributed by atoms with Gasteiger partial charge in [0.2, 0.25) is 0 Å². The molecule has 0 saturated heterocycles. The van der Waals surface area contributed by atoms with Crippen molar-refractivity contribution in [2.75, 3.05) is 17.3 Å². The van der Waals surface area contributed by atoms with Crippen molar-refractivity contribution >= 4 is 37.3 Å². The van der Waals surface area contributed by atoms with E-state index >= 15 is 0 Å². The highest BCUT2D eigenvalue weighted by Gasteiger charge is 2.06. The second-order valence-corrected chi connectivity index (χ2v) is 7.29. The van der Waals surface area contributed by atoms with E-state index in [1.54, 1.807) is 36.5 Å². The standard InChI is InChI=1S/C13H14BrN3O2S/c1-20(18,19)11-4-2-9(3-5-11)7-16-13-12(15)6-10(14)8-17-13/h2-6,8H,7,15H2,1H3,(H,16,17). The molecule has 106 valence electrons. The van der Waals surface area contributed by atoms with Crippen molar-refractivity contribution in [3.05, 3.63) is 46.6 Å². The van der Waals surface area contributed by atoms with E-state index in [4.69, 9.17) is 5.73 Å². The molecule has 0 atom stereocenters. The van der Waals surface area contributed by atoms with Crippen LogP contribution in [0.2, 0.25) is 0 Å². The number of nitrogen functional groups attached to an aromatic ring is 1. The lowest BCUT2D eigenvalue weighted by molar-refractivity contribution is 0.602. The smallest absolute Gasteiger partial charge is 0.175 e. The Kier molecular flexibility index (Phi) is 4.29. The Balaban J connectivity index is 2.08. The molecule has 0 amide bonds. The summed E-state index contributed by atoms with van der Waals surface area (Å²) in [6.07, 6.45) is 2.85. The number of anilines is 2. The third-order valence-corrected chi connectivity index (χ3v) is 4.26. The van der Waals surface area contributed by atoms with Crippen LogP contribution in [0.25, 0.3) is 0 Å². The van der Waals surface area contributed by atoms with Crippen molar-refractivity contribution in [2.45, 2.75) is 11.4 Å². The number of benzene rings is 1. The molecule has 1 aromatic carbocycles. The zero-order valence-corrected chi connectivity index (χ0v) is 13.2. The van der Waals surface area contributed by atoms with Gasteiger partial charge in [-0.05, 0) is 39.7 Å². The molecular formula is C13H14BrN3O2S. The maximum Gasteiger partial charge on any atom is 0.175 e. The number of halogens is 1. The number of hydrogen-bond acceptors (Lipinski definition) is 5. The Morgan fingerprint density at radius 1 is 1.30 bits per heavy atom. The molecule has 20 heavy (non-hydrogen) atoms. The molecule has 0 aliphatic heterocycles. The van der Waals surface area contributed by atoms with Crippen LogP contribution in [0.5, 0.6) is 0 Å². The zero-order valence-electron chi connectivity index (χ0n) is 10.8. The van der Waals surface area contributed by atoms with Crippen LogP contribution < -0.4 is 11.1 Å². The van der Waals surface area contributed by atoms with Crippen LogP contribution in [0.1, 0.15) is 5.56 Å². The summed E-state index contributed by atoms with van der Waals surface area (Å²) in [7, 11) is -3.16. The van der Waals surface area contributed by atoms with E-state index in [1.165, 1.54) is 6.26 Å². The van der Waals surface area contributed by atoms with Crippen LogP contribution >= 0.6 is 15.9 Å². The second-order valence-electron chi connectivity index (χ2n) is 4.36. The summed E-state index contributed by atoms with van der Waals surface area (Å²) in [6, 6.07) is 8.47. The summed E-state index contributed by atoms with van der Waals surface area (Å²) in [5.41, 5.74) is 7.33. The lowest BCUT2D eigenvalue weighted by atomic mass is 10.2. The Bertz CT molecular complexity index is 715. The molecule has 1 aromatic heterocycles. The quantitative estimate of drug-likeness (QED) is 0.879. The van der Waals surface area contributed by atoms with Gasteiger partial charge in [-0.2, -0.15) is 0 Å². The molecule has 2 rings (SSSR count). The number of hydrogen-bond donors (Lipinski definition) is 2. The SMILES string of the molecule is CS(=O)(=O)c1ccc(CNc2ncc(Br)cc2N)cc1. The maximum absolute atomic E-state index is 11.4. The van der Waals surface area contributed by atoms with E-state index in [1.807, 2.05) is 0 Å². The van der Waals surface area contributed by atoms with Crippen molar-refractivity contribution in [1.82, 2.24) is 4.98 Å². The maximum atomic E-state index is 11.4. The van der Waals surface area contributed by atoms with E-state index in [0.29, 0.717) is 22.9 Å². The van der Waals surface area contributed by atoms with Gasteiger partial charge in [0.1, 0.15) is 5.82 Å². The van der Waals surface area contributed by atoms with Crippen LogP contribution in [0.4, 0.5) is 11.5 Å². The van der Waals surface area contributed by atoms with E-state index in [2.05, 4.69) is 26.2 Å². The predicted octanol–water partition coefficient (Wildman–Crippen LogP) is 2.44. The van der Waals surface area contributed by atoms with Crippen molar-refractivity contribution in [2.24, 2.45) is 0 Å². The highest BCUT2D eigenvalue weighted by atomic mass is 79.9. The van der Waals surface area contributed by atoms with Gasteiger partial charge in [-0.3, -0.25) is 0 Å². The summed E-state index contributed by atoms with van der Waals surface area (Å²) in [5, 5.41) is 3.11. The molecule has 0 aliphatic carbocycles. The normalized spacial score (nSPS) is 11.3. The van der Waals surface area contributed by atoms with E-state index in [9.17, 15) is 8.42 Å². The van der Waals surface area contributed by atoms with Crippen molar-refractivity contribution in [3.8, 4) is 0 Å². The molecule has 7 heteroatoms. The number of sulfone groups is 1. The van der Waals surface area contributed by atoms with Crippen LogP contribution in [0.3, 0.4) is 0 Å². The lowest BCUT2D eigenvalue weighted by Gasteiger charge is -2.09. The molecule has 3 N–H and O–H groups in total. The van der Waals surface area contributed by atoms with Gasteiger partial charge in [0.05, 0.1) is 10.6 Å². The third-order valence-electron chi connectivity index (χ3n) is 2.70. The first kappa shape index (κ1) is 14.8. The molecular weight excluding hydrogens is 342 g/mol. The minimum Gasteiger partial charge on any atom is -0.396 e. The average molecular weight is 356 g/mol. The molecule has 0 saturated carbocycles. The highest BCUT2D eigenvalue weighted by molar-refractivity contribution is 9.10. The summed E-state index contributed by atoms with van der Waals surface area (Å²) in [5.74, 6) is 0.598. The second kappa shape index (κ2) is 5.80. The number of nitrogens with zero attached hydrogens (tertiary/aromatic N) is 1. The molecule has 0 radical (unpaired) electrons. The van der Waals surface area contributed by atoms with E-state index < -0.39 is 9.84 Å². The van der Waals surface area contributed by atoms with Gasteiger partial charge in [-0.15, -0.1) is 0 Å². The third kappa shape index (κ3) is 3.71. The lowest BCUT2D eigenvalue weighted by Crippen LogP contribution is -2.05. The van der Waals surface area contributed by atoms with Gasteiger partial charge >= 0.3 is 0 Å². The Hall–Kier alpha value is -1.60. The molecule has 0 spiro atoms. The number of nitrogens with two attached hydrogens (primary N) is 1. The Morgan fingerprint density at radius 2 is 1.95 bits per heavy atom. The summed E-state index contributed by atoms with van der Waals surface area (Å²) < 4.78 is 23.5. The minimum atomic E-state index is -3.16. The van der Waals surface area contributed by atoms with Crippen molar-refractivity contribution in [3.63, 3.8) is 0 Å². The molecule has 1 heterocycles.